The summed E-state index contributed by atoms with van der Waals surface area (Å²) in [6, 6.07) is 2.01. The van der Waals surface area contributed by atoms with Crippen molar-refractivity contribution in [2.45, 2.75) is 70.8 Å². The van der Waals surface area contributed by atoms with Crippen LogP contribution in [0.25, 0.3) is 0 Å². The van der Waals surface area contributed by atoms with Crippen molar-refractivity contribution in [3.63, 3.8) is 0 Å². The molecule has 1 rings (SSSR count). The maximum atomic E-state index is 10.0. The summed E-state index contributed by atoms with van der Waals surface area (Å²) >= 11 is 5.11. The van der Waals surface area contributed by atoms with Gasteiger partial charge in [0.15, 0.2) is 0 Å². The predicted molar refractivity (Wildman–Crippen MR) is 84.2 cm³/mol. The average Bonchev–Trinajstić information content (AvgIpc) is 2.79. The Morgan fingerprint density at radius 3 is 2.28 bits per heavy atom. The normalized spacial score (nSPS) is 12.8. The maximum Gasteiger partial charge on any atom is 0.0893 e. The highest BCUT2D eigenvalue weighted by Gasteiger charge is 2.11. The van der Waals surface area contributed by atoms with Crippen molar-refractivity contribution in [3.05, 3.63) is 20.8 Å². The van der Waals surface area contributed by atoms with Gasteiger partial charge in [-0.15, -0.1) is 11.3 Å². The summed E-state index contributed by atoms with van der Waals surface area (Å²) < 4.78 is 1.06. The van der Waals surface area contributed by atoms with E-state index >= 15 is 0 Å². The molecule has 1 aromatic rings. The summed E-state index contributed by atoms with van der Waals surface area (Å²) in [6.07, 6.45) is 11.2. The van der Waals surface area contributed by atoms with Gasteiger partial charge < -0.3 is 5.11 Å². The summed E-state index contributed by atoms with van der Waals surface area (Å²) in [5, 5.41) is 12.1. The third-order valence-corrected chi connectivity index (χ3v) is 5.25. The van der Waals surface area contributed by atoms with Crippen molar-refractivity contribution in [2.75, 3.05) is 0 Å². The number of hydrogen-bond donors (Lipinski definition) is 1. The van der Waals surface area contributed by atoms with Gasteiger partial charge in [0, 0.05) is 9.35 Å². The number of rotatable bonds is 10. The van der Waals surface area contributed by atoms with Gasteiger partial charge in [-0.05, 0) is 33.8 Å². The van der Waals surface area contributed by atoms with Gasteiger partial charge in [-0.2, -0.15) is 0 Å². The second kappa shape index (κ2) is 9.99. The Labute approximate surface area is 124 Å². The molecule has 0 saturated carbocycles. The van der Waals surface area contributed by atoms with Crippen LogP contribution in [0.2, 0.25) is 0 Å². The molecule has 0 bridgehead atoms. The Hall–Kier alpha value is 0.140. The molecular weight excluding hydrogens is 308 g/mol. The standard InChI is InChI=1S/C15H25BrOS/c1-2-3-4-5-6-7-8-9-10-14(17)15-13(16)11-12-18-15/h11-12,14,17H,2-10H2,1H3. The predicted octanol–water partition coefficient (Wildman–Crippen LogP) is 6.07. The molecule has 18 heavy (non-hydrogen) atoms. The molecule has 0 saturated heterocycles. The monoisotopic (exact) mass is 332 g/mol. The largest absolute Gasteiger partial charge is 0.388 e. The van der Waals surface area contributed by atoms with Gasteiger partial charge in [-0.25, -0.2) is 0 Å². The van der Waals surface area contributed by atoms with E-state index in [-0.39, 0.29) is 6.10 Å². The molecule has 3 heteroatoms. The van der Waals surface area contributed by atoms with Gasteiger partial charge in [0.05, 0.1) is 6.10 Å². The fourth-order valence-electron chi connectivity index (χ4n) is 2.15. The maximum absolute atomic E-state index is 10.0. The molecule has 0 aliphatic rings. The first-order valence-corrected chi connectivity index (χ1v) is 8.84. The molecule has 0 spiro atoms. The average molecular weight is 333 g/mol. The lowest BCUT2D eigenvalue weighted by molar-refractivity contribution is 0.166. The topological polar surface area (TPSA) is 20.2 Å². The Kier molecular flexibility index (Phi) is 8.99. The van der Waals surface area contributed by atoms with Crippen LogP contribution < -0.4 is 0 Å². The van der Waals surface area contributed by atoms with Crippen molar-refractivity contribution >= 4 is 27.3 Å². The minimum absolute atomic E-state index is 0.278. The van der Waals surface area contributed by atoms with Crippen LogP contribution in [0.5, 0.6) is 0 Å². The number of hydrogen-bond acceptors (Lipinski definition) is 2. The van der Waals surface area contributed by atoms with E-state index in [0.717, 1.165) is 22.2 Å². The molecular formula is C15H25BrOS. The van der Waals surface area contributed by atoms with Crippen LogP contribution in [0, 0.1) is 0 Å². The van der Waals surface area contributed by atoms with Gasteiger partial charge in [0.2, 0.25) is 0 Å². The highest BCUT2D eigenvalue weighted by Crippen LogP contribution is 2.31. The zero-order valence-corrected chi connectivity index (χ0v) is 13.7. The van der Waals surface area contributed by atoms with Crippen molar-refractivity contribution in [1.82, 2.24) is 0 Å². The van der Waals surface area contributed by atoms with E-state index in [9.17, 15) is 5.11 Å². The zero-order valence-electron chi connectivity index (χ0n) is 11.3. The van der Waals surface area contributed by atoms with E-state index in [2.05, 4.69) is 22.9 Å². The fraction of sp³-hybridized carbons (Fsp3) is 0.733. The molecule has 1 unspecified atom stereocenters. The Balaban J connectivity index is 1.99. The molecule has 1 nitrogen and oxygen atoms in total. The van der Waals surface area contributed by atoms with Gasteiger partial charge in [0.1, 0.15) is 0 Å². The zero-order chi connectivity index (χ0) is 13.2. The smallest absolute Gasteiger partial charge is 0.0893 e. The third kappa shape index (κ3) is 6.35. The van der Waals surface area contributed by atoms with E-state index in [1.807, 2.05) is 11.4 Å². The first-order valence-electron chi connectivity index (χ1n) is 7.16. The lowest BCUT2D eigenvalue weighted by Crippen LogP contribution is -1.95. The Morgan fingerprint density at radius 2 is 1.72 bits per heavy atom. The van der Waals surface area contributed by atoms with E-state index in [1.165, 1.54) is 44.9 Å². The van der Waals surface area contributed by atoms with E-state index in [1.54, 1.807) is 11.3 Å². The number of thiophene rings is 1. The van der Waals surface area contributed by atoms with Gasteiger partial charge in [-0.1, -0.05) is 58.3 Å². The first kappa shape index (κ1) is 16.2. The van der Waals surface area contributed by atoms with Crippen LogP contribution in [0.3, 0.4) is 0 Å². The van der Waals surface area contributed by atoms with Crippen LogP contribution in [-0.4, -0.2) is 5.11 Å². The SMILES string of the molecule is CCCCCCCCCCC(O)c1sccc1Br. The van der Waals surface area contributed by atoms with Gasteiger partial charge >= 0.3 is 0 Å². The molecule has 0 aromatic carbocycles. The van der Waals surface area contributed by atoms with Crippen LogP contribution in [0.15, 0.2) is 15.9 Å². The van der Waals surface area contributed by atoms with E-state index in [4.69, 9.17) is 0 Å². The Bertz CT molecular complexity index is 311. The van der Waals surface area contributed by atoms with E-state index < -0.39 is 0 Å². The van der Waals surface area contributed by atoms with Crippen molar-refractivity contribution in [2.24, 2.45) is 0 Å². The number of aliphatic hydroxyl groups is 1. The lowest BCUT2D eigenvalue weighted by atomic mass is 10.1. The molecule has 1 heterocycles. The highest BCUT2D eigenvalue weighted by molar-refractivity contribution is 9.10. The minimum Gasteiger partial charge on any atom is -0.388 e. The van der Waals surface area contributed by atoms with Gasteiger partial charge in [-0.3, -0.25) is 0 Å². The summed E-state index contributed by atoms with van der Waals surface area (Å²) in [4.78, 5) is 1.08. The number of unbranched alkanes of at least 4 members (excludes halogenated alkanes) is 7. The Morgan fingerprint density at radius 1 is 1.11 bits per heavy atom. The summed E-state index contributed by atoms with van der Waals surface area (Å²) in [6.45, 7) is 2.25. The van der Waals surface area contributed by atoms with Crippen LogP contribution in [0.1, 0.15) is 75.7 Å². The van der Waals surface area contributed by atoms with Crippen molar-refractivity contribution in [3.8, 4) is 0 Å². The van der Waals surface area contributed by atoms with Crippen LogP contribution >= 0.6 is 27.3 Å². The third-order valence-electron chi connectivity index (χ3n) is 3.28. The molecule has 0 fully saturated rings. The summed E-state index contributed by atoms with van der Waals surface area (Å²) in [5.74, 6) is 0. The molecule has 1 atom stereocenters. The first-order chi connectivity index (χ1) is 8.75. The fourth-order valence-corrected chi connectivity index (χ4v) is 3.80. The minimum atomic E-state index is -0.278. The van der Waals surface area contributed by atoms with E-state index in [0.29, 0.717) is 0 Å². The van der Waals surface area contributed by atoms with Crippen molar-refractivity contribution < 1.29 is 5.11 Å². The second-order valence-electron chi connectivity index (χ2n) is 4.91. The summed E-state index contributed by atoms with van der Waals surface area (Å²) in [7, 11) is 0. The second-order valence-corrected chi connectivity index (χ2v) is 6.71. The molecule has 104 valence electrons. The van der Waals surface area contributed by atoms with Gasteiger partial charge in [0.25, 0.3) is 0 Å². The molecule has 1 N–H and O–H groups in total. The summed E-state index contributed by atoms with van der Waals surface area (Å²) in [5.41, 5.74) is 0. The number of aliphatic hydroxyl groups excluding tert-OH is 1. The quantitative estimate of drug-likeness (QED) is 0.515. The number of halogens is 1. The molecule has 0 aliphatic heterocycles. The van der Waals surface area contributed by atoms with Crippen LogP contribution in [-0.2, 0) is 0 Å². The van der Waals surface area contributed by atoms with Crippen molar-refractivity contribution in [1.29, 1.82) is 0 Å². The lowest BCUT2D eigenvalue weighted by Gasteiger charge is -2.09. The highest BCUT2D eigenvalue weighted by atomic mass is 79.9. The van der Waals surface area contributed by atoms with Crippen LogP contribution in [0.4, 0.5) is 0 Å². The molecule has 0 aliphatic carbocycles. The molecule has 0 amide bonds. The molecule has 0 radical (unpaired) electrons. The molecule has 1 aromatic heterocycles.